The average Bonchev–Trinajstić information content (AvgIpc) is 3.35. The molecule has 3 heterocycles. The normalized spacial score (nSPS) is 12.4. The number of rotatable bonds is 5. The van der Waals surface area contributed by atoms with Gasteiger partial charge in [0.05, 0.1) is 11.4 Å². The molecule has 1 amide bonds. The third-order valence-electron chi connectivity index (χ3n) is 5.43. The number of aromatic nitrogens is 3. The van der Waals surface area contributed by atoms with E-state index in [0.717, 1.165) is 12.5 Å². The second kappa shape index (κ2) is 8.27. The van der Waals surface area contributed by atoms with Gasteiger partial charge in [0.15, 0.2) is 11.6 Å². The van der Waals surface area contributed by atoms with E-state index in [-0.39, 0.29) is 22.8 Å². The van der Waals surface area contributed by atoms with Gasteiger partial charge < -0.3 is 15.8 Å². The molecular weight excluding hydrogens is 425 g/mol. The quantitative estimate of drug-likeness (QED) is 0.487. The Morgan fingerprint density at radius 1 is 1.12 bits per heavy atom. The van der Waals surface area contributed by atoms with E-state index >= 15 is 0 Å². The smallest absolute Gasteiger partial charge is 0.284 e. The number of halogens is 1. The van der Waals surface area contributed by atoms with Crippen molar-refractivity contribution in [3.8, 4) is 17.2 Å². The highest BCUT2D eigenvalue weighted by molar-refractivity contribution is 6.05. The van der Waals surface area contributed by atoms with Crippen molar-refractivity contribution >= 4 is 17.4 Å². The summed E-state index contributed by atoms with van der Waals surface area (Å²) in [7, 11) is 0. The Hall–Kier alpha value is -4.40. The van der Waals surface area contributed by atoms with Gasteiger partial charge in [-0.1, -0.05) is 18.2 Å². The van der Waals surface area contributed by atoms with Crippen LogP contribution in [0.25, 0.3) is 5.69 Å². The maximum absolute atomic E-state index is 14.6. The van der Waals surface area contributed by atoms with Crippen LogP contribution in [-0.2, 0) is 13.0 Å². The molecule has 3 N–H and O–H groups in total. The van der Waals surface area contributed by atoms with Crippen molar-refractivity contribution in [1.29, 1.82) is 0 Å². The fraction of sp³-hybridized carbons (Fsp3) is 0.125. The summed E-state index contributed by atoms with van der Waals surface area (Å²) in [4.78, 5) is 30.1. The van der Waals surface area contributed by atoms with Crippen molar-refractivity contribution in [3.63, 3.8) is 0 Å². The lowest BCUT2D eigenvalue weighted by Crippen LogP contribution is -2.26. The lowest BCUT2D eigenvalue weighted by Gasteiger charge is -2.09. The number of benzene rings is 2. The van der Waals surface area contributed by atoms with Gasteiger partial charge in [0, 0.05) is 30.6 Å². The van der Waals surface area contributed by atoms with E-state index in [0.29, 0.717) is 30.1 Å². The number of fused-ring (bicyclic) bond motifs is 1. The van der Waals surface area contributed by atoms with E-state index in [1.54, 1.807) is 6.07 Å². The first-order valence-corrected chi connectivity index (χ1v) is 10.4. The van der Waals surface area contributed by atoms with Crippen molar-refractivity contribution in [1.82, 2.24) is 14.3 Å². The third kappa shape index (κ3) is 3.84. The van der Waals surface area contributed by atoms with E-state index < -0.39 is 17.3 Å². The number of carbonyl (C=O) groups is 1. The Balaban J connectivity index is 1.42. The van der Waals surface area contributed by atoms with Crippen LogP contribution in [0.15, 0.2) is 71.7 Å². The number of hydrogen-bond donors (Lipinski definition) is 2. The molecule has 8 nitrogen and oxygen atoms in total. The van der Waals surface area contributed by atoms with Crippen molar-refractivity contribution in [2.45, 2.75) is 19.4 Å². The lowest BCUT2D eigenvalue weighted by atomic mass is 10.1. The molecule has 166 valence electrons. The van der Waals surface area contributed by atoms with Gasteiger partial charge in [-0.05, 0) is 43.2 Å². The van der Waals surface area contributed by atoms with Crippen LogP contribution in [0.3, 0.4) is 0 Å². The van der Waals surface area contributed by atoms with Crippen LogP contribution in [0.5, 0.6) is 11.5 Å². The number of para-hydroxylation sites is 1. The van der Waals surface area contributed by atoms with Gasteiger partial charge in [-0.3, -0.25) is 14.3 Å². The zero-order chi connectivity index (χ0) is 22.9. The minimum atomic E-state index is -0.674. The minimum absolute atomic E-state index is 0.0326. The Morgan fingerprint density at radius 3 is 2.70 bits per heavy atom. The first-order chi connectivity index (χ1) is 16.0. The summed E-state index contributed by atoms with van der Waals surface area (Å²) < 4.78 is 23.5. The monoisotopic (exact) mass is 445 g/mol. The van der Waals surface area contributed by atoms with E-state index in [1.165, 1.54) is 29.1 Å². The fourth-order valence-electron chi connectivity index (χ4n) is 4.00. The van der Waals surface area contributed by atoms with Crippen LogP contribution >= 0.6 is 0 Å². The van der Waals surface area contributed by atoms with Gasteiger partial charge in [-0.2, -0.15) is 0 Å². The predicted molar refractivity (Wildman–Crippen MR) is 121 cm³/mol. The molecule has 0 fully saturated rings. The summed E-state index contributed by atoms with van der Waals surface area (Å²) in [6.45, 7) is 0.646. The van der Waals surface area contributed by atoms with E-state index in [2.05, 4.69) is 10.3 Å². The van der Waals surface area contributed by atoms with Gasteiger partial charge in [0.1, 0.15) is 17.1 Å². The first kappa shape index (κ1) is 20.5. The zero-order valence-corrected chi connectivity index (χ0v) is 17.5. The summed E-state index contributed by atoms with van der Waals surface area (Å²) in [6, 6.07) is 16.2. The molecule has 4 aromatic rings. The number of nitrogen functional groups attached to an aromatic ring is 1. The molecule has 0 bridgehead atoms. The molecule has 1 aliphatic rings. The molecule has 0 unspecified atom stereocenters. The molecule has 0 atom stereocenters. The van der Waals surface area contributed by atoms with Crippen LogP contribution < -0.4 is 21.3 Å². The number of nitrogens with two attached hydrogens (primary N) is 1. The van der Waals surface area contributed by atoms with E-state index in [1.807, 2.05) is 35.0 Å². The minimum Gasteiger partial charge on any atom is -0.454 e. The van der Waals surface area contributed by atoms with Gasteiger partial charge in [-0.15, -0.1) is 0 Å². The molecule has 5 rings (SSSR count). The molecule has 0 saturated carbocycles. The number of nitrogens with zero attached hydrogens (tertiary/aromatic N) is 3. The molecule has 0 radical (unpaired) electrons. The average molecular weight is 445 g/mol. The van der Waals surface area contributed by atoms with E-state index in [9.17, 15) is 14.0 Å². The summed E-state index contributed by atoms with van der Waals surface area (Å²) in [6.07, 6.45) is 2.91. The second-order valence-electron chi connectivity index (χ2n) is 7.62. The highest BCUT2D eigenvalue weighted by Crippen LogP contribution is 2.28. The lowest BCUT2D eigenvalue weighted by molar-refractivity contribution is 0.102. The molecule has 2 aromatic heterocycles. The Bertz CT molecular complexity index is 1410. The van der Waals surface area contributed by atoms with Crippen LogP contribution in [0, 0.1) is 5.82 Å². The van der Waals surface area contributed by atoms with Crippen molar-refractivity contribution < 1.29 is 13.9 Å². The number of anilines is 2. The van der Waals surface area contributed by atoms with Crippen molar-refractivity contribution in [3.05, 3.63) is 94.3 Å². The first-order valence-electron chi connectivity index (χ1n) is 10.4. The summed E-state index contributed by atoms with van der Waals surface area (Å²) in [5.41, 5.74) is 6.86. The Kier molecular flexibility index (Phi) is 5.14. The molecule has 1 aliphatic heterocycles. The zero-order valence-electron chi connectivity index (χ0n) is 17.5. The van der Waals surface area contributed by atoms with Gasteiger partial charge in [0.25, 0.3) is 11.5 Å². The SMILES string of the molecule is Nc1cc(Oc2ccc(NC(=O)c3c4n(n(-c5ccccc5)c3=O)CCC4)cc2F)ccn1. The largest absolute Gasteiger partial charge is 0.454 e. The second-order valence-corrected chi connectivity index (χ2v) is 7.62. The number of ether oxygens (including phenoxy) is 1. The molecule has 0 saturated heterocycles. The summed E-state index contributed by atoms with van der Waals surface area (Å²) in [5, 5.41) is 2.64. The molecule has 9 heteroatoms. The number of amides is 1. The maximum Gasteiger partial charge on any atom is 0.284 e. The van der Waals surface area contributed by atoms with Crippen LogP contribution in [0.2, 0.25) is 0 Å². The van der Waals surface area contributed by atoms with Crippen LogP contribution in [-0.4, -0.2) is 20.3 Å². The standard InChI is InChI=1S/C24H20FN5O3/c25-18-13-15(8-9-20(18)33-17-10-11-27-21(26)14-17)28-23(31)22-19-7-4-12-29(19)30(24(22)32)16-5-2-1-3-6-16/h1-3,5-6,8-11,13-14H,4,7,12H2,(H2,26,27)(H,28,31). The molecule has 33 heavy (non-hydrogen) atoms. The van der Waals surface area contributed by atoms with Crippen molar-refractivity contribution in [2.24, 2.45) is 0 Å². The fourth-order valence-corrected chi connectivity index (χ4v) is 4.00. The number of hydrogen-bond acceptors (Lipinski definition) is 5. The highest BCUT2D eigenvalue weighted by Gasteiger charge is 2.28. The number of carbonyl (C=O) groups excluding carboxylic acids is 1. The van der Waals surface area contributed by atoms with Crippen LogP contribution in [0.1, 0.15) is 22.5 Å². The predicted octanol–water partition coefficient (Wildman–Crippen LogP) is 3.75. The topological polar surface area (TPSA) is 104 Å². The van der Waals surface area contributed by atoms with E-state index in [4.69, 9.17) is 10.5 Å². The van der Waals surface area contributed by atoms with Gasteiger partial charge in [0.2, 0.25) is 0 Å². The Morgan fingerprint density at radius 2 is 1.94 bits per heavy atom. The summed E-state index contributed by atoms with van der Waals surface area (Å²) >= 11 is 0. The number of pyridine rings is 1. The number of nitrogens with one attached hydrogen (secondary N) is 1. The van der Waals surface area contributed by atoms with Gasteiger partial charge in [-0.25, -0.2) is 14.1 Å². The Labute approximate surface area is 188 Å². The molecule has 0 aliphatic carbocycles. The van der Waals surface area contributed by atoms with Crippen molar-refractivity contribution in [2.75, 3.05) is 11.1 Å². The van der Waals surface area contributed by atoms with Crippen LogP contribution in [0.4, 0.5) is 15.9 Å². The maximum atomic E-state index is 14.6. The third-order valence-corrected chi connectivity index (χ3v) is 5.43. The van der Waals surface area contributed by atoms with Gasteiger partial charge >= 0.3 is 0 Å². The highest BCUT2D eigenvalue weighted by atomic mass is 19.1. The molecular formula is C24H20FN5O3. The summed E-state index contributed by atoms with van der Waals surface area (Å²) in [5.74, 6) is -0.695. The molecule has 0 spiro atoms. The molecule has 2 aromatic carbocycles.